The van der Waals surface area contributed by atoms with Gasteiger partial charge < -0.3 is 10.5 Å². The van der Waals surface area contributed by atoms with E-state index < -0.39 is 17.6 Å². The summed E-state index contributed by atoms with van der Waals surface area (Å²) in [6.45, 7) is 7.22. The molecule has 0 fully saturated rings. The van der Waals surface area contributed by atoms with Crippen LogP contribution in [-0.2, 0) is 14.3 Å². The predicted octanol–water partition coefficient (Wildman–Crippen LogP) is 1.41. The predicted molar refractivity (Wildman–Crippen MR) is 58.4 cm³/mol. The molecular weight excluding hydrogens is 194 g/mol. The van der Waals surface area contributed by atoms with Crippen LogP contribution < -0.4 is 5.73 Å². The lowest BCUT2D eigenvalue weighted by Gasteiger charge is -2.21. The minimum atomic E-state index is -0.830. The van der Waals surface area contributed by atoms with E-state index in [0.29, 0.717) is 6.42 Å². The topological polar surface area (TPSA) is 69.4 Å². The Morgan fingerprint density at radius 3 is 2.27 bits per heavy atom. The van der Waals surface area contributed by atoms with Gasteiger partial charge in [-0.2, -0.15) is 0 Å². The van der Waals surface area contributed by atoms with Crippen molar-refractivity contribution >= 4 is 11.8 Å². The average Bonchev–Trinajstić information content (AvgIpc) is 2.00. The van der Waals surface area contributed by atoms with Crippen LogP contribution in [0.25, 0.3) is 0 Å². The van der Waals surface area contributed by atoms with Crippen molar-refractivity contribution in [3.63, 3.8) is 0 Å². The summed E-state index contributed by atoms with van der Waals surface area (Å²) >= 11 is 0. The fourth-order valence-corrected chi connectivity index (χ4v) is 1.09. The molecular formula is C11H21NO3. The summed E-state index contributed by atoms with van der Waals surface area (Å²) in [5.74, 6) is -0.497. The van der Waals surface area contributed by atoms with Crippen molar-refractivity contribution in [2.24, 2.45) is 5.73 Å². The molecule has 0 aromatic heterocycles. The Labute approximate surface area is 91.2 Å². The third-order valence-electron chi connectivity index (χ3n) is 1.69. The highest BCUT2D eigenvalue weighted by Gasteiger charge is 2.23. The molecule has 1 atom stereocenters. The number of hydrogen-bond donors (Lipinski definition) is 1. The number of ether oxygens (including phenoxy) is 1. The van der Waals surface area contributed by atoms with E-state index in [-0.39, 0.29) is 12.2 Å². The molecule has 1 unspecified atom stereocenters. The highest BCUT2D eigenvalue weighted by molar-refractivity contribution is 5.86. The molecule has 0 amide bonds. The molecule has 0 aromatic carbocycles. The van der Waals surface area contributed by atoms with Gasteiger partial charge in [0.05, 0.1) is 0 Å². The van der Waals surface area contributed by atoms with Crippen LogP contribution in [0, 0.1) is 0 Å². The second kappa shape index (κ2) is 5.85. The van der Waals surface area contributed by atoms with Crippen molar-refractivity contribution in [2.75, 3.05) is 0 Å². The zero-order valence-corrected chi connectivity index (χ0v) is 10.0. The number of carbonyl (C=O) groups excluding carboxylic acids is 2. The van der Waals surface area contributed by atoms with Gasteiger partial charge in [0.25, 0.3) is 0 Å². The highest BCUT2D eigenvalue weighted by atomic mass is 16.6. The van der Waals surface area contributed by atoms with Crippen LogP contribution in [0.4, 0.5) is 0 Å². The first-order chi connectivity index (χ1) is 6.76. The Morgan fingerprint density at radius 2 is 1.87 bits per heavy atom. The van der Waals surface area contributed by atoms with E-state index in [1.165, 1.54) is 0 Å². The van der Waals surface area contributed by atoms with E-state index in [0.717, 1.165) is 6.42 Å². The molecule has 4 nitrogen and oxygen atoms in total. The van der Waals surface area contributed by atoms with Crippen molar-refractivity contribution in [1.29, 1.82) is 0 Å². The van der Waals surface area contributed by atoms with E-state index >= 15 is 0 Å². The van der Waals surface area contributed by atoms with E-state index in [9.17, 15) is 9.59 Å². The van der Waals surface area contributed by atoms with Gasteiger partial charge in [-0.3, -0.25) is 9.59 Å². The fourth-order valence-electron chi connectivity index (χ4n) is 1.09. The summed E-state index contributed by atoms with van der Waals surface area (Å²) < 4.78 is 5.06. The number of hydrogen-bond acceptors (Lipinski definition) is 4. The minimum absolute atomic E-state index is 0.0101. The molecule has 0 spiro atoms. The van der Waals surface area contributed by atoms with Crippen LogP contribution in [0.3, 0.4) is 0 Å². The molecule has 0 saturated carbocycles. The summed E-state index contributed by atoms with van der Waals surface area (Å²) in [4.78, 5) is 22.6. The van der Waals surface area contributed by atoms with Gasteiger partial charge in [0, 0.05) is 12.8 Å². The SMILES string of the molecule is CCCC(=O)CC(N)C(=O)OC(C)(C)C. The summed E-state index contributed by atoms with van der Waals surface area (Å²) in [7, 11) is 0. The molecule has 0 aromatic rings. The third-order valence-corrected chi connectivity index (χ3v) is 1.69. The summed E-state index contributed by atoms with van der Waals surface area (Å²) in [5.41, 5.74) is 5.01. The maximum absolute atomic E-state index is 11.4. The molecule has 15 heavy (non-hydrogen) atoms. The Bertz CT molecular complexity index is 230. The first-order valence-corrected chi connectivity index (χ1v) is 5.26. The largest absolute Gasteiger partial charge is 0.459 e. The van der Waals surface area contributed by atoms with Crippen molar-refractivity contribution in [3.05, 3.63) is 0 Å². The van der Waals surface area contributed by atoms with Crippen LogP contribution in [0.5, 0.6) is 0 Å². The number of esters is 1. The first kappa shape index (κ1) is 14.1. The normalized spacial score (nSPS) is 13.4. The van der Waals surface area contributed by atoms with Crippen molar-refractivity contribution < 1.29 is 14.3 Å². The fraction of sp³-hybridized carbons (Fsp3) is 0.818. The Morgan fingerprint density at radius 1 is 1.33 bits per heavy atom. The van der Waals surface area contributed by atoms with E-state index in [2.05, 4.69) is 0 Å². The first-order valence-electron chi connectivity index (χ1n) is 5.26. The number of carbonyl (C=O) groups is 2. The van der Waals surface area contributed by atoms with Crippen LogP contribution >= 0.6 is 0 Å². The van der Waals surface area contributed by atoms with Gasteiger partial charge in [-0.1, -0.05) is 6.92 Å². The average molecular weight is 215 g/mol. The molecule has 0 aliphatic rings. The zero-order chi connectivity index (χ0) is 12.1. The van der Waals surface area contributed by atoms with E-state index in [1.54, 1.807) is 20.8 Å². The second-order valence-electron chi connectivity index (χ2n) is 4.63. The third kappa shape index (κ3) is 7.08. The van der Waals surface area contributed by atoms with E-state index in [1.807, 2.05) is 6.92 Å². The molecule has 0 aliphatic carbocycles. The van der Waals surface area contributed by atoms with Crippen molar-refractivity contribution in [3.8, 4) is 0 Å². The smallest absolute Gasteiger partial charge is 0.323 e. The Balaban J connectivity index is 4.05. The van der Waals surface area contributed by atoms with Crippen LogP contribution in [0.1, 0.15) is 47.0 Å². The molecule has 0 rings (SSSR count). The summed E-state index contributed by atoms with van der Waals surface area (Å²) in [6.07, 6.45) is 1.32. The van der Waals surface area contributed by atoms with Gasteiger partial charge in [0.2, 0.25) is 0 Å². The molecule has 0 aliphatic heterocycles. The number of nitrogens with two attached hydrogens (primary N) is 1. The number of ketones is 1. The maximum Gasteiger partial charge on any atom is 0.323 e. The minimum Gasteiger partial charge on any atom is -0.459 e. The molecule has 0 heterocycles. The zero-order valence-electron chi connectivity index (χ0n) is 10.0. The standard InChI is InChI=1S/C11H21NO3/c1-5-6-8(13)7-9(12)10(14)15-11(2,3)4/h9H,5-7,12H2,1-4H3. The van der Waals surface area contributed by atoms with Gasteiger partial charge in [-0.05, 0) is 27.2 Å². The quantitative estimate of drug-likeness (QED) is 0.704. The molecule has 0 bridgehead atoms. The number of Topliss-reactive ketones (excluding diaryl/α,β-unsaturated/α-hetero) is 1. The maximum atomic E-state index is 11.4. The van der Waals surface area contributed by atoms with Gasteiger partial charge in [-0.15, -0.1) is 0 Å². The van der Waals surface area contributed by atoms with Crippen LogP contribution in [0.2, 0.25) is 0 Å². The van der Waals surface area contributed by atoms with Crippen LogP contribution in [0.15, 0.2) is 0 Å². The Kier molecular flexibility index (Phi) is 5.50. The molecule has 4 heteroatoms. The lowest BCUT2D eigenvalue weighted by atomic mass is 10.1. The lowest BCUT2D eigenvalue weighted by molar-refractivity contribution is -0.157. The lowest BCUT2D eigenvalue weighted by Crippen LogP contribution is -2.38. The molecule has 2 N–H and O–H groups in total. The summed E-state index contributed by atoms with van der Waals surface area (Å²) in [5, 5.41) is 0. The van der Waals surface area contributed by atoms with Gasteiger partial charge in [-0.25, -0.2) is 0 Å². The molecule has 0 saturated heterocycles. The van der Waals surface area contributed by atoms with Crippen molar-refractivity contribution in [1.82, 2.24) is 0 Å². The van der Waals surface area contributed by atoms with Crippen molar-refractivity contribution in [2.45, 2.75) is 58.6 Å². The number of rotatable bonds is 5. The monoisotopic (exact) mass is 215 g/mol. The van der Waals surface area contributed by atoms with Gasteiger partial charge in [0.15, 0.2) is 0 Å². The second-order valence-corrected chi connectivity index (χ2v) is 4.63. The molecule has 88 valence electrons. The summed E-state index contributed by atoms with van der Waals surface area (Å²) in [6, 6.07) is -0.830. The highest BCUT2D eigenvalue weighted by Crippen LogP contribution is 2.09. The molecule has 0 radical (unpaired) electrons. The van der Waals surface area contributed by atoms with Gasteiger partial charge >= 0.3 is 5.97 Å². The Hall–Kier alpha value is -0.900. The van der Waals surface area contributed by atoms with Crippen LogP contribution in [-0.4, -0.2) is 23.4 Å². The van der Waals surface area contributed by atoms with Gasteiger partial charge in [0.1, 0.15) is 17.4 Å². The van der Waals surface area contributed by atoms with E-state index in [4.69, 9.17) is 10.5 Å².